The molecule has 4 rings (SSSR count). The summed E-state index contributed by atoms with van der Waals surface area (Å²) in [4.78, 5) is 4.54. The van der Waals surface area contributed by atoms with Gasteiger partial charge in [0, 0.05) is 23.6 Å². The van der Waals surface area contributed by atoms with E-state index in [9.17, 15) is 0 Å². The van der Waals surface area contributed by atoms with Gasteiger partial charge in [-0.3, -0.25) is 4.98 Å². The molecule has 0 atom stereocenters. The summed E-state index contributed by atoms with van der Waals surface area (Å²) in [5.74, 6) is 0.950. The molecule has 0 bridgehead atoms. The third-order valence-electron chi connectivity index (χ3n) is 3.80. The van der Waals surface area contributed by atoms with Crippen LogP contribution in [-0.2, 0) is 6.42 Å². The predicted octanol–water partition coefficient (Wildman–Crippen LogP) is 3.81. The van der Waals surface area contributed by atoms with E-state index in [1.165, 1.54) is 16.5 Å². The molecule has 3 aromatic rings. The van der Waals surface area contributed by atoms with Crippen molar-refractivity contribution in [3.05, 3.63) is 59.8 Å². The zero-order chi connectivity index (χ0) is 12.8. The van der Waals surface area contributed by atoms with Gasteiger partial charge in [-0.15, -0.1) is 0 Å². The molecule has 1 aromatic heterocycles. The van der Waals surface area contributed by atoms with Crippen LogP contribution in [0.4, 0.5) is 0 Å². The van der Waals surface area contributed by atoms with Gasteiger partial charge in [0.25, 0.3) is 0 Å². The van der Waals surface area contributed by atoms with Crippen LogP contribution in [-0.4, -0.2) is 12.1 Å². The van der Waals surface area contributed by atoms with Gasteiger partial charge in [-0.25, -0.2) is 0 Å². The van der Waals surface area contributed by atoms with E-state index in [0.717, 1.165) is 28.8 Å². The Morgan fingerprint density at radius 1 is 1.05 bits per heavy atom. The van der Waals surface area contributed by atoms with Crippen LogP contribution in [0.3, 0.4) is 0 Å². The minimum atomic E-state index is 0.944. The number of aromatic nitrogens is 1. The van der Waals surface area contributed by atoms with Crippen LogP contribution in [0.25, 0.3) is 22.0 Å². The lowest BCUT2D eigenvalue weighted by Crippen LogP contribution is -1.91. The Hall–Kier alpha value is -2.35. The molecule has 0 spiro atoms. The van der Waals surface area contributed by atoms with Gasteiger partial charge in [0.15, 0.2) is 0 Å². The van der Waals surface area contributed by atoms with Gasteiger partial charge in [0.1, 0.15) is 5.75 Å². The minimum Gasteiger partial charge on any atom is -0.495 e. The lowest BCUT2D eigenvalue weighted by molar-refractivity contribution is 0.421. The molecule has 0 radical (unpaired) electrons. The molecule has 0 saturated carbocycles. The number of hydrogen-bond donors (Lipinski definition) is 0. The quantitative estimate of drug-likeness (QED) is 0.510. The highest BCUT2D eigenvalue weighted by atomic mass is 16.5. The number of ether oxygens (including phenoxy) is 1. The first-order chi connectivity index (χ1) is 9.38. The summed E-state index contributed by atoms with van der Waals surface area (Å²) >= 11 is 0. The first kappa shape index (κ1) is 10.6. The highest BCUT2D eigenvalue weighted by Crippen LogP contribution is 2.45. The molecule has 2 nitrogen and oxygen atoms in total. The number of nitrogens with zero attached hydrogens (tertiary/aromatic N) is 1. The average molecular weight is 247 g/mol. The maximum absolute atomic E-state index is 5.69. The monoisotopic (exact) mass is 247 g/mol. The molecule has 2 aromatic carbocycles. The minimum absolute atomic E-state index is 0.944. The van der Waals surface area contributed by atoms with Gasteiger partial charge in [-0.2, -0.15) is 0 Å². The predicted molar refractivity (Wildman–Crippen MR) is 76.5 cm³/mol. The average Bonchev–Trinajstić information content (AvgIpc) is 2.82. The molecule has 0 N–H and O–H groups in total. The van der Waals surface area contributed by atoms with Crippen LogP contribution in [0.1, 0.15) is 11.1 Å². The zero-order valence-corrected chi connectivity index (χ0v) is 10.7. The second-order valence-corrected chi connectivity index (χ2v) is 4.85. The first-order valence-corrected chi connectivity index (χ1v) is 6.41. The van der Waals surface area contributed by atoms with E-state index in [4.69, 9.17) is 4.74 Å². The van der Waals surface area contributed by atoms with Crippen LogP contribution >= 0.6 is 0 Å². The summed E-state index contributed by atoms with van der Waals surface area (Å²) in [6.07, 6.45) is 2.79. The van der Waals surface area contributed by atoms with Gasteiger partial charge < -0.3 is 4.74 Å². The van der Waals surface area contributed by atoms with E-state index in [-0.39, 0.29) is 0 Å². The Labute approximate surface area is 111 Å². The summed E-state index contributed by atoms with van der Waals surface area (Å²) < 4.78 is 5.69. The van der Waals surface area contributed by atoms with E-state index in [1.807, 2.05) is 18.3 Å². The molecule has 0 saturated heterocycles. The molecule has 1 aliphatic carbocycles. The van der Waals surface area contributed by atoms with Crippen molar-refractivity contribution in [2.24, 2.45) is 0 Å². The highest BCUT2D eigenvalue weighted by molar-refractivity contribution is 5.98. The van der Waals surface area contributed by atoms with Crippen molar-refractivity contribution in [3.8, 4) is 17.0 Å². The Morgan fingerprint density at radius 3 is 2.84 bits per heavy atom. The number of pyridine rings is 1. The second kappa shape index (κ2) is 3.82. The van der Waals surface area contributed by atoms with Gasteiger partial charge in [-0.1, -0.05) is 30.3 Å². The van der Waals surface area contributed by atoms with E-state index in [0.29, 0.717) is 0 Å². The molecule has 0 unspecified atom stereocenters. The number of hydrogen-bond acceptors (Lipinski definition) is 2. The molecule has 1 heterocycles. The molecular weight excluding hydrogens is 234 g/mol. The van der Waals surface area contributed by atoms with Crippen molar-refractivity contribution >= 4 is 10.8 Å². The summed E-state index contributed by atoms with van der Waals surface area (Å²) in [7, 11) is 1.74. The fourth-order valence-corrected chi connectivity index (χ4v) is 2.99. The SMILES string of the molecule is COc1c2c(cc3ccccc13)Cc1cccnc1-2. The summed E-state index contributed by atoms with van der Waals surface area (Å²) in [6, 6.07) is 14.8. The van der Waals surface area contributed by atoms with Crippen LogP contribution < -0.4 is 4.74 Å². The normalized spacial score (nSPS) is 12.3. The number of fused-ring (bicyclic) bond motifs is 4. The van der Waals surface area contributed by atoms with Crippen molar-refractivity contribution in [2.45, 2.75) is 6.42 Å². The molecular formula is C17H13NO. The zero-order valence-electron chi connectivity index (χ0n) is 10.7. The largest absolute Gasteiger partial charge is 0.495 e. The van der Waals surface area contributed by atoms with Crippen molar-refractivity contribution in [1.29, 1.82) is 0 Å². The number of rotatable bonds is 1. The maximum Gasteiger partial charge on any atom is 0.136 e. The third kappa shape index (κ3) is 1.40. The third-order valence-corrected chi connectivity index (χ3v) is 3.80. The van der Waals surface area contributed by atoms with Crippen LogP contribution in [0.5, 0.6) is 5.75 Å². The van der Waals surface area contributed by atoms with Crippen LogP contribution in [0.2, 0.25) is 0 Å². The lowest BCUT2D eigenvalue weighted by Gasteiger charge is -2.11. The van der Waals surface area contributed by atoms with Gasteiger partial charge in [-0.05, 0) is 28.6 Å². The fourth-order valence-electron chi connectivity index (χ4n) is 2.99. The smallest absolute Gasteiger partial charge is 0.136 e. The van der Waals surface area contributed by atoms with Crippen molar-refractivity contribution in [2.75, 3.05) is 7.11 Å². The topological polar surface area (TPSA) is 22.1 Å². The maximum atomic E-state index is 5.69. The second-order valence-electron chi connectivity index (χ2n) is 4.85. The van der Waals surface area contributed by atoms with E-state index >= 15 is 0 Å². The van der Waals surface area contributed by atoms with E-state index in [2.05, 4.69) is 35.3 Å². The summed E-state index contributed by atoms with van der Waals surface area (Å²) in [5.41, 5.74) is 4.83. The molecule has 0 aliphatic heterocycles. The Balaban J connectivity index is 2.14. The van der Waals surface area contributed by atoms with Gasteiger partial charge in [0.2, 0.25) is 0 Å². The lowest BCUT2D eigenvalue weighted by atomic mass is 10.0. The first-order valence-electron chi connectivity index (χ1n) is 6.41. The Morgan fingerprint density at radius 2 is 1.95 bits per heavy atom. The Bertz CT molecular complexity index is 792. The summed E-state index contributed by atoms with van der Waals surface area (Å²) in [5, 5.41) is 2.38. The number of benzene rings is 2. The Kier molecular flexibility index (Phi) is 2.12. The highest BCUT2D eigenvalue weighted by Gasteiger charge is 2.24. The number of methoxy groups -OCH3 is 1. The van der Waals surface area contributed by atoms with Crippen molar-refractivity contribution in [1.82, 2.24) is 4.98 Å². The summed E-state index contributed by atoms with van der Waals surface area (Å²) in [6.45, 7) is 0. The van der Waals surface area contributed by atoms with Crippen LogP contribution in [0, 0.1) is 0 Å². The van der Waals surface area contributed by atoms with Gasteiger partial charge >= 0.3 is 0 Å². The van der Waals surface area contributed by atoms with Crippen LogP contribution in [0.15, 0.2) is 48.7 Å². The van der Waals surface area contributed by atoms with E-state index in [1.54, 1.807) is 7.11 Å². The van der Waals surface area contributed by atoms with Crippen molar-refractivity contribution < 1.29 is 4.74 Å². The molecule has 19 heavy (non-hydrogen) atoms. The molecule has 0 amide bonds. The molecule has 2 heteroatoms. The molecule has 92 valence electrons. The molecule has 1 aliphatic rings. The standard InChI is InChI=1S/C17H13NO/c1-19-17-14-7-3-2-5-11(14)9-13-10-12-6-4-8-18-16(12)15(13)17/h2-9H,10H2,1H3. The van der Waals surface area contributed by atoms with Crippen molar-refractivity contribution in [3.63, 3.8) is 0 Å². The fraction of sp³-hybridized carbons (Fsp3) is 0.118. The molecule has 0 fully saturated rings. The van der Waals surface area contributed by atoms with Gasteiger partial charge in [0.05, 0.1) is 12.8 Å². The van der Waals surface area contributed by atoms with E-state index < -0.39 is 0 Å².